The zero-order valence-electron chi connectivity index (χ0n) is 12.9. The fraction of sp³-hybridized carbons (Fsp3) is 1.00. The lowest BCUT2D eigenvalue weighted by Gasteiger charge is -2.36. The molecule has 3 atom stereocenters. The van der Waals surface area contributed by atoms with Gasteiger partial charge in [0.1, 0.15) is 0 Å². The van der Waals surface area contributed by atoms with Crippen molar-refractivity contribution in [3.05, 3.63) is 0 Å². The Bertz CT molecular complexity index is 250. The van der Waals surface area contributed by atoms with E-state index >= 15 is 0 Å². The normalized spacial score (nSPS) is 33.2. The van der Waals surface area contributed by atoms with E-state index < -0.39 is 0 Å². The van der Waals surface area contributed by atoms with Gasteiger partial charge in [-0.05, 0) is 42.9 Å². The number of halogens is 1. The van der Waals surface area contributed by atoms with Gasteiger partial charge in [0.15, 0.2) is 0 Å². The highest BCUT2D eigenvalue weighted by molar-refractivity contribution is 9.09. The molecule has 0 radical (unpaired) electrons. The molecular formula is C18H33Br. The minimum Gasteiger partial charge on any atom is -0.0922 e. The molecule has 0 heterocycles. The van der Waals surface area contributed by atoms with E-state index in [1.54, 1.807) is 12.8 Å². The summed E-state index contributed by atoms with van der Waals surface area (Å²) in [5.74, 6) is 2.16. The monoisotopic (exact) mass is 328 g/mol. The number of unbranched alkanes of at least 4 members (excludes halogenated alkanes) is 7. The first-order valence-corrected chi connectivity index (χ1v) is 9.99. The summed E-state index contributed by atoms with van der Waals surface area (Å²) in [6.45, 7) is 2.30. The van der Waals surface area contributed by atoms with Crippen molar-refractivity contribution in [2.45, 2.75) is 90.4 Å². The topological polar surface area (TPSA) is 0 Å². The van der Waals surface area contributed by atoms with Gasteiger partial charge >= 0.3 is 0 Å². The summed E-state index contributed by atoms with van der Waals surface area (Å²) in [5, 5.41) is 1.28. The van der Waals surface area contributed by atoms with Gasteiger partial charge in [-0.1, -0.05) is 80.6 Å². The second kappa shape index (κ2) is 8.05. The minimum absolute atomic E-state index is 0.713. The standard InChI is InChI=1S/C18H33Br/c1-2-3-4-5-6-7-8-9-12-18(15-19)14-16-10-11-17(18)13-16/h16-17H,2-15H2,1H3. The van der Waals surface area contributed by atoms with Gasteiger partial charge in [-0.15, -0.1) is 0 Å². The molecule has 0 aliphatic heterocycles. The van der Waals surface area contributed by atoms with Crippen molar-refractivity contribution in [3.8, 4) is 0 Å². The van der Waals surface area contributed by atoms with Crippen LogP contribution in [0.3, 0.4) is 0 Å². The maximum Gasteiger partial charge on any atom is 0.00907 e. The molecule has 3 unspecified atom stereocenters. The van der Waals surface area contributed by atoms with Crippen molar-refractivity contribution >= 4 is 15.9 Å². The molecule has 0 aromatic rings. The Morgan fingerprint density at radius 1 is 0.947 bits per heavy atom. The van der Waals surface area contributed by atoms with Crippen LogP contribution < -0.4 is 0 Å². The van der Waals surface area contributed by atoms with E-state index in [1.165, 1.54) is 76.0 Å². The predicted octanol–water partition coefficient (Wildman–Crippen LogP) is 6.72. The molecule has 0 amide bonds. The van der Waals surface area contributed by atoms with Crippen LogP contribution in [0.4, 0.5) is 0 Å². The molecule has 0 aromatic heterocycles. The van der Waals surface area contributed by atoms with Crippen molar-refractivity contribution in [2.24, 2.45) is 17.3 Å². The smallest absolute Gasteiger partial charge is 0.00907 e. The lowest BCUT2D eigenvalue weighted by Crippen LogP contribution is -2.29. The van der Waals surface area contributed by atoms with Crippen molar-refractivity contribution in [1.29, 1.82) is 0 Å². The SMILES string of the molecule is CCCCCCCCCCC1(CBr)CC2CCC1C2. The Kier molecular flexibility index (Phi) is 6.72. The van der Waals surface area contributed by atoms with E-state index in [0.717, 1.165) is 11.8 Å². The Labute approximate surface area is 129 Å². The third kappa shape index (κ3) is 4.22. The maximum atomic E-state index is 3.85. The van der Waals surface area contributed by atoms with Gasteiger partial charge in [0, 0.05) is 5.33 Å². The molecule has 1 heteroatoms. The lowest BCUT2D eigenvalue weighted by molar-refractivity contribution is 0.175. The number of fused-ring (bicyclic) bond motifs is 2. The highest BCUT2D eigenvalue weighted by Gasteiger charge is 2.49. The van der Waals surface area contributed by atoms with Crippen LogP contribution in [0.25, 0.3) is 0 Å². The summed E-state index contributed by atoms with van der Waals surface area (Å²) in [4.78, 5) is 0. The lowest BCUT2D eigenvalue weighted by atomic mass is 9.71. The van der Waals surface area contributed by atoms with Crippen molar-refractivity contribution in [2.75, 3.05) is 5.33 Å². The average Bonchev–Trinajstić information content (AvgIpc) is 3.03. The maximum absolute atomic E-state index is 3.85. The Morgan fingerprint density at radius 3 is 2.16 bits per heavy atom. The molecule has 2 rings (SSSR count). The van der Waals surface area contributed by atoms with E-state index in [9.17, 15) is 0 Å². The molecule has 0 aromatic carbocycles. The van der Waals surface area contributed by atoms with Gasteiger partial charge < -0.3 is 0 Å². The molecule has 0 saturated heterocycles. The second-order valence-electron chi connectivity index (χ2n) is 7.30. The Hall–Kier alpha value is 0.480. The first-order chi connectivity index (χ1) is 9.30. The molecule has 0 spiro atoms. The highest BCUT2D eigenvalue weighted by atomic mass is 79.9. The molecule has 19 heavy (non-hydrogen) atoms. The van der Waals surface area contributed by atoms with Crippen LogP contribution >= 0.6 is 15.9 Å². The highest BCUT2D eigenvalue weighted by Crippen LogP contribution is 2.58. The average molecular weight is 329 g/mol. The zero-order valence-corrected chi connectivity index (χ0v) is 14.5. The van der Waals surface area contributed by atoms with Crippen LogP contribution in [0.15, 0.2) is 0 Å². The summed E-state index contributed by atoms with van der Waals surface area (Å²) in [6, 6.07) is 0. The van der Waals surface area contributed by atoms with Gasteiger partial charge in [-0.25, -0.2) is 0 Å². The predicted molar refractivity (Wildman–Crippen MR) is 88.9 cm³/mol. The fourth-order valence-corrected chi connectivity index (χ4v) is 5.67. The molecule has 0 nitrogen and oxygen atoms in total. The minimum atomic E-state index is 0.713. The summed E-state index contributed by atoms with van der Waals surface area (Å²) in [7, 11) is 0. The van der Waals surface area contributed by atoms with Crippen LogP contribution in [0.1, 0.15) is 90.4 Å². The van der Waals surface area contributed by atoms with Gasteiger partial charge in [0.05, 0.1) is 0 Å². The van der Waals surface area contributed by atoms with E-state index in [0.29, 0.717) is 5.41 Å². The number of hydrogen-bond donors (Lipinski definition) is 0. The third-order valence-electron chi connectivity index (χ3n) is 5.90. The number of rotatable bonds is 10. The summed E-state index contributed by atoms with van der Waals surface area (Å²) in [5.41, 5.74) is 0.713. The number of alkyl halides is 1. The van der Waals surface area contributed by atoms with Gasteiger partial charge in [0.25, 0.3) is 0 Å². The van der Waals surface area contributed by atoms with E-state index in [1.807, 2.05) is 0 Å². The van der Waals surface area contributed by atoms with Gasteiger partial charge in [-0.3, -0.25) is 0 Å². The first kappa shape index (κ1) is 15.9. The van der Waals surface area contributed by atoms with Gasteiger partial charge in [-0.2, -0.15) is 0 Å². The van der Waals surface area contributed by atoms with Crippen LogP contribution in [-0.4, -0.2) is 5.33 Å². The number of hydrogen-bond acceptors (Lipinski definition) is 0. The van der Waals surface area contributed by atoms with Crippen LogP contribution in [0.5, 0.6) is 0 Å². The van der Waals surface area contributed by atoms with E-state index in [4.69, 9.17) is 0 Å². The van der Waals surface area contributed by atoms with Crippen molar-refractivity contribution < 1.29 is 0 Å². The molecule has 0 N–H and O–H groups in total. The van der Waals surface area contributed by atoms with Crippen molar-refractivity contribution in [3.63, 3.8) is 0 Å². The molecular weight excluding hydrogens is 296 g/mol. The van der Waals surface area contributed by atoms with Crippen LogP contribution in [0, 0.1) is 17.3 Å². The van der Waals surface area contributed by atoms with Gasteiger partial charge in [0.2, 0.25) is 0 Å². The summed E-state index contributed by atoms with van der Waals surface area (Å²) < 4.78 is 0. The Balaban J connectivity index is 1.55. The van der Waals surface area contributed by atoms with Crippen molar-refractivity contribution in [1.82, 2.24) is 0 Å². The summed E-state index contributed by atoms with van der Waals surface area (Å²) in [6.07, 6.45) is 19.4. The van der Waals surface area contributed by atoms with Crippen LogP contribution in [-0.2, 0) is 0 Å². The largest absolute Gasteiger partial charge is 0.0922 e. The Morgan fingerprint density at radius 2 is 1.63 bits per heavy atom. The molecule has 2 bridgehead atoms. The fourth-order valence-electron chi connectivity index (χ4n) is 4.71. The van der Waals surface area contributed by atoms with E-state index in [2.05, 4.69) is 22.9 Å². The third-order valence-corrected chi connectivity index (χ3v) is 7.01. The quantitative estimate of drug-likeness (QED) is 0.308. The molecule has 2 fully saturated rings. The second-order valence-corrected chi connectivity index (χ2v) is 7.86. The molecule has 2 aliphatic rings. The van der Waals surface area contributed by atoms with E-state index in [-0.39, 0.29) is 0 Å². The van der Waals surface area contributed by atoms with Crippen LogP contribution in [0.2, 0.25) is 0 Å². The zero-order chi connectivity index (χ0) is 13.6. The molecule has 112 valence electrons. The first-order valence-electron chi connectivity index (χ1n) is 8.86. The molecule has 2 saturated carbocycles. The molecule has 2 aliphatic carbocycles. The summed E-state index contributed by atoms with van der Waals surface area (Å²) >= 11 is 3.85.